The summed E-state index contributed by atoms with van der Waals surface area (Å²) < 4.78 is 0. The Balaban J connectivity index is 3.24. The minimum Gasteiger partial charge on any atom is -0.508 e. The van der Waals surface area contributed by atoms with Gasteiger partial charge in [0.25, 0.3) is 0 Å². The minimum atomic E-state index is -0.104. The number of rotatable bonds is 0. The summed E-state index contributed by atoms with van der Waals surface area (Å²) in [5, 5.41) is 47.3. The van der Waals surface area contributed by atoms with Crippen molar-refractivity contribution in [2.24, 2.45) is 0 Å². The number of phenolic OH excluding ortho intramolecular Hbond substituents is 1. The second-order valence-electron chi connectivity index (χ2n) is 4.09. The molecule has 0 unspecified atom stereocenters. The van der Waals surface area contributed by atoms with E-state index in [2.05, 4.69) is 0 Å². The van der Waals surface area contributed by atoms with Crippen LogP contribution in [0.15, 0.2) is 30.3 Å². The average Bonchev–Trinajstić information content (AvgIpc) is 2.51. The first-order valence-electron chi connectivity index (χ1n) is 5.77. The van der Waals surface area contributed by atoms with Gasteiger partial charge in [-0.15, -0.1) is 0 Å². The van der Waals surface area contributed by atoms with E-state index in [1.165, 1.54) is 24.3 Å². The van der Waals surface area contributed by atoms with Crippen molar-refractivity contribution >= 4 is 21.9 Å². The van der Waals surface area contributed by atoms with Gasteiger partial charge in [0, 0.05) is 10.4 Å². The highest BCUT2D eigenvalue weighted by Crippen LogP contribution is 2.15. The fourth-order valence-electron chi connectivity index (χ4n) is 2.06. The number of nitriles is 4. The van der Waals surface area contributed by atoms with Gasteiger partial charge < -0.3 is 5.11 Å². The van der Waals surface area contributed by atoms with Crippen LogP contribution in [0.1, 0.15) is 0 Å². The SMILES string of the molecule is N#CC(C#N)=c1ccc(=C(C#N)C#N)c2cc(O)ccc12. The van der Waals surface area contributed by atoms with Gasteiger partial charge in [-0.2, -0.15) is 21.0 Å². The van der Waals surface area contributed by atoms with E-state index in [0.29, 0.717) is 21.2 Å². The van der Waals surface area contributed by atoms with E-state index in [-0.39, 0.29) is 16.9 Å². The molecule has 0 aliphatic rings. The maximum absolute atomic E-state index is 9.61. The Hall–Kier alpha value is -3.80. The van der Waals surface area contributed by atoms with Crippen LogP contribution in [0.25, 0.3) is 21.9 Å². The molecule has 0 aliphatic heterocycles. The number of benzene rings is 2. The molecule has 2 aromatic carbocycles. The van der Waals surface area contributed by atoms with Gasteiger partial charge in [-0.05, 0) is 22.9 Å². The van der Waals surface area contributed by atoms with E-state index in [0.717, 1.165) is 0 Å². The lowest BCUT2D eigenvalue weighted by Gasteiger charge is -2.02. The average molecular weight is 270 g/mol. The smallest absolute Gasteiger partial charge is 0.137 e. The third-order valence-electron chi connectivity index (χ3n) is 2.99. The molecule has 5 nitrogen and oxygen atoms in total. The molecule has 0 radical (unpaired) electrons. The maximum Gasteiger partial charge on any atom is 0.137 e. The summed E-state index contributed by atoms with van der Waals surface area (Å²) in [5.41, 5.74) is -0.180. The molecule has 0 spiro atoms. The van der Waals surface area contributed by atoms with Gasteiger partial charge in [0.2, 0.25) is 0 Å². The Bertz CT molecular complexity index is 1010. The third-order valence-corrected chi connectivity index (χ3v) is 2.99. The first-order valence-corrected chi connectivity index (χ1v) is 5.77. The van der Waals surface area contributed by atoms with Crippen LogP contribution < -0.4 is 10.4 Å². The largest absolute Gasteiger partial charge is 0.508 e. The summed E-state index contributed by atoms with van der Waals surface area (Å²) in [7, 11) is 0. The standard InChI is InChI=1S/C16H6N4O/c17-6-10(7-18)13-3-4-14(11(8-19)9-20)16-5-12(21)1-2-15(13)16/h1-5,21H. The summed E-state index contributed by atoms with van der Waals surface area (Å²) >= 11 is 0. The van der Waals surface area contributed by atoms with Crippen molar-refractivity contribution in [1.29, 1.82) is 21.0 Å². The van der Waals surface area contributed by atoms with Gasteiger partial charge in [0.1, 0.15) is 41.2 Å². The number of fused-ring (bicyclic) bond motifs is 1. The Morgan fingerprint density at radius 1 is 0.714 bits per heavy atom. The summed E-state index contributed by atoms with van der Waals surface area (Å²) in [6.07, 6.45) is 0. The zero-order valence-electron chi connectivity index (χ0n) is 10.6. The monoisotopic (exact) mass is 270 g/mol. The van der Waals surface area contributed by atoms with Crippen LogP contribution in [0.2, 0.25) is 0 Å². The molecule has 0 heterocycles. The fraction of sp³-hybridized carbons (Fsp3) is 0. The van der Waals surface area contributed by atoms with Crippen molar-refractivity contribution in [2.75, 3.05) is 0 Å². The van der Waals surface area contributed by atoms with Crippen molar-refractivity contribution in [3.63, 3.8) is 0 Å². The first-order chi connectivity index (χ1) is 10.2. The zero-order valence-corrected chi connectivity index (χ0v) is 10.6. The van der Waals surface area contributed by atoms with Crippen molar-refractivity contribution in [3.05, 3.63) is 40.8 Å². The van der Waals surface area contributed by atoms with Gasteiger partial charge in [0.05, 0.1) is 0 Å². The van der Waals surface area contributed by atoms with Gasteiger partial charge in [-0.3, -0.25) is 0 Å². The molecule has 0 saturated heterocycles. The molecule has 0 saturated carbocycles. The highest BCUT2D eigenvalue weighted by molar-refractivity contribution is 5.93. The van der Waals surface area contributed by atoms with Crippen LogP contribution in [-0.2, 0) is 0 Å². The molecule has 1 N–H and O–H groups in total. The summed E-state index contributed by atoms with van der Waals surface area (Å²) in [5.74, 6) is -0.0356. The molecule has 21 heavy (non-hydrogen) atoms. The second kappa shape index (κ2) is 5.45. The quantitative estimate of drug-likeness (QED) is 0.764. The Morgan fingerprint density at radius 3 is 1.67 bits per heavy atom. The highest BCUT2D eigenvalue weighted by atomic mass is 16.3. The second-order valence-corrected chi connectivity index (χ2v) is 4.09. The zero-order chi connectivity index (χ0) is 15.4. The predicted molar refractivity (Wildman–Crippen MR) is 74.1 cm³/mol. The molecular formula is C16H6N4O. The van der Waals surface area contributed by atoms with Gasteiger partial charge >= 0.3 is 0 Å². The van der Waals surface area contributed by atoms with Crippen LogP contribution in [0.5, 0.6) is 5.75 Å². The first kappa shape index (κ1) is 13.6. The highest BCUT2D eigenvalue weighted by Gasteiger charge is 2.06. The van der Waals surface area contributed by atoms with E-state index in [1.807, 2.05) is 12.1 Å². The number of hydrogen-bond donors (Lipinski definition) is 1. The number of phenols is 1. The minimum absolute atomic E-state index is 0.0356. The van der Waals surface area contributed by atoms with Crippen molar-refractivity contribution in [2.45, 2.75) is 0 Å². The van der Waals surface area contributed by atoms with E-state index in [1.54, 1.807) is 18.2 Å². The van der Waals surface area contributed by atoms with Gasteiger partial charge in [0.15, 0.2) is 0 Å². The molecular weight excluding hydrogens is 264 g/mol. The van der Waals surface area contributed by atoms with Crippen LogP contribution in [0.4, 0.5) is 0 Å². The van der Waals surface area contributed by atoms with Crippen molar-refractivity contribution in [3.8, 4) is 30.0 Å². The Labute approximate surface area is 119 Å². The van der Waals surface area contributed by atoms with Crippen molar-refractivity contribution < 1.29 is 5.11 Å². The van der Waals surface area contributed by atoms with Crippen LogP contribution >= 0.6 is 0 Å². The van der Waals surface area contributed by atoms with E-state index in [4.69, 9.17) is 21.0 Å². The summed E-state index contributed by atoms with van der Waals surface area (Å²) in [4.78, 5) is 0. The molecule has 96 valence electrons. The predicted octanol–water partition coefficient (Wildman–Crippen LogP) is 0.941. The lowest BCUT2D eigenvalue weighted by Crippen LogP contribution is -2.15. The van der Waals surface area contributed by atoms with E-state index < -0.39 is 0 Å². The number of aromatic hydroxyl groups is 1. The Kier molecular flexibility index (Phi) is 3.54. The molecule has 0 amide bonds. The Morgan fingerprint density at radius 2 is 1.19 bits per heavy atom. The van der Waals surface area contributed by atoms with Crippen LogP contribution in [0, 0.1) is 45.3 Å². The topological polar surface area (TPSA) is 115 Å². The van der Waals surface area contributed by atoms with Crippen LogP contribution in [0.3, 0.4) is 0 Å². The fourth-order valence-corrected chi connectivity index (χ4v) is 2.06. The molecule has 0 aromatic heterocycles. The molecule has 5 heteroatoms. The summed E-state index contributed by atoms with van der Waals surface area (Å²) in [6.45, 7) is 0. The third kappa shape index (κ3) is 2.24. The molecule has 2 aromatic rings. The lowest BCUT2D eigenvalue weighted by molar-refractivity contribution is 0.476. The van der Waals surface area contributed by atoms with E-state index in [9.17, 15) is 5.11 Å². The number of nitrogens with zero attached hydrogens (tertiary/aromatic N) is 4. The molecule has 0 fully saturated rings. The number of hydrogen-bond acceptors (Lipinski definition) is 5. The van der Waals surface area contributed by atoms with Gasteiger partial charge in [-0.25, -0.2) is 0 Å². The van der Waals surface area contributed by atoms with E-state index >= 15 is 0 Å². The van der Waals surface area contributed by atoms with Gasteiger partial charge in [-0.1, -0.05) is 18.2 Å². The van der Waals surface area contributed by atoms with Crippen LogP contribution in [-0.4, -0.2) is 5.11 Å². The molecule has 0 atom stereocenters. The molecule has 0 bridgehead atoms. The molecule has 0 aliphatic carbocycles. The maximum atomic E-state index is 9.61. The summed E-state index contributed by atoms with van der Waals surface area (Å²) in [6, 6.07) is 14.6. The van der Waals surface area contributed by atoms with Crippen molar-refractivity contribution in [1.82, 2.24) is 0 Å². The lowest BCUT2D eigenvalue weighted by atomic mass is 10.0. The molecule has 2 rings (SSSR count). The normalized spacial score (nSPS) is 8.95.